The van der Waals surface area contributed by atoms with E-state index in [0.717, 1.165) is 17.9 Å². The van der Waals surface area contributed by atoms with E-state index in [2.05, 4.69) is 41.1 Å². The fraction of sp³-hybridized carbons (Fsp3) is 0.545. The van der Waals surface area contributed by atoms with Crippen molar-refractivity contribution in [3.8, 4) is 0 Å². The van der Waals surface area contributed by atoms with Gasteiger partial charge in [0.25, 0.3) is 0 Å². The normalized spacial score (nSPS) is 11.4. The van der Waals surface area contributed by atoms with Crippen LogP contribution in [0.5, 0.6) is 0 Å². The van der Waals surface area contributed by atoms with Gasteiger partial charge in [0.15, 0.2) is 0 Å². The Hall–Kier alpha value is -0.700. The summed E-state index contributed by atoms with van der Waals surface area (Å²) in [6.07, 6.45) is 6.39. The van der Waals surface area contributed by atoms with E-state index in [-0.39, 0.29) is 0 Å². The summed E-state index contributed by atoms with van der Waals surface area (Å²) in [7, 11) is 2.04. The molecular formula is C11H18N2S. The molecule has 0 saturated heterocycles. The summed E-state index contributed by atoms with van der Waals surface area (Å²) < 4.78 is 2.07. The van der Waals surface area contributed by atoms with Crippen molar-refractivity contribution in [1.82, 2.24) is 9.55 Å². The highest BCUT2D eigenvalue weighted by Crippen LogP contribution is 2.09. The zero-order chi connectivity index (χ0) is 10.4. The largest absolute Gasteiger partial charge is 0.334 e. The van der Waals surface area contributed by atoms with Gasteiger partial charge >= 0.3 is 0 Å². The second-order valence-corrected chi connectivity index (χ2v) is 4.24. The van der Waals surface area contributed by atoms with Gasteiger partial charge in [-0.2, -0.15) is 0 Å². The van der Waals surface area contributed by atoms with Crippen LogP contribution < -0.4 is 0 Å². The third-order valence-electron chi connectivity index (χ3n) is 1.96. The molecule has 14 heavy (non-hydrogen) atoms. The molecule has 0 atom stereocenters. The maximum absolute atomic E-state index is 4.49. The molecule has 0 aliphatic carbocycles. The zero-order valence-corrected chi connectivity index (χ0v) is 9.97. The molecule has 0 unspecified atom stereocenters. The van der Waals surface area contributed by atoms with Crippen LogP contribution in [-0.2, 0) is 13.5 Å². The first-order chi connectivity index (χ1) is 6.77. The molecule has 0 saturated carbocycles. The number of hydrogen-bond acceptors (Lipinski definition) is 2. The summed E-state index contributed by atoms with van der Waals surface area (Å²) in [6, 6.07) is 0. The molecule has 1 aromatic heterocycles. The Balaban J connectivity index is 2.57. The third-order valence-corrected chi connectivity index (χ3v) is 2.93. The van der Waals surface area contributed by atoms with E-state index in [1.807, 2.05) is 18.8 Å². The lowest BCUT2D eigenvalue weighted by Crippen LogP contribution is -1.88. The Labute approximate surface area is 90.4 Å². The Bertz CT molecular complexity index is 302. The minimum Gasteiger partial charge on any atom is -0.334 e. The summed E-state index contributed by atoms with van der Waals surface area (Å²) in [5.41, 5.74) is 1.16. The number of aryl methyl sites for hydroxylation is 2. The van der Waals surface area contributed by atoms with Crippen LogP contribution in [0.2, 0.25) is 0 Å². The predicted octanol–water partition coefficient (Wildman–Crippen LogP) is 3.10. The van der Waals surface area contributed by atoms with E-state index in [4.69, 9.17) is 0 Å². The van der Waals surface area contributed by atoms with Crippen molar-refractivity contribution < 1.29 is 0 Å². The quantitative estimate of drug-likeness (QED) is 0.695. The summed E-state index contributed by atoms with van der Waals surface area (Å²) in [4.78, 5) is 4.49. The molecule has 1 rings (SSSR count). The van der Waals surface area contributed by atoms with Gasteiger partial charge in [-0.3, -0.25) is 0 Å². The van der Waals surface area contributed by atoms with E-state index >= 15 is 0 Å². The molecule has 0 N–H and O–H groups in total. The maximum Gasteiger partial charge on any atom is 0.133 e. The highest BCUT2D eigenvalue weighted by molar-refractivity contribution is 8.02. The molecule has 0 amide bonds. The molecule has 0 aliphatic heterocycles. The van der Waals surface area contributed by atoms with E-state index in [1.165, 1.54) is 12.2 Å². The highest BCUT2D eigenvalue weighted by Gasteiger charge is 1.98. The van der Waals surface area contributed by atoms with Gasteiger partial charge in [-0.15, -0.1) is 11.8 Å². The fourth-order valence-electron chi connectivity index (χ4n) is 1.16. The Morgan fingerprint density at radius 3 is 2.86 bits per heavy atom. The average molecular weight is 210 g/mol. The second kappa shape index (κ2) is 5.91. The second-order valence-electron chi connectivity index (χ2n) is 3.23. The van der Waals surface area contributed by atoms with Crippen molar-refractivity contribution >= 4 is 17.8 Å². The fourth-order valence-corrected chi connectivity index (χ4v) is 1.75. The van der Waals surface area contributed by atoms with Crippen molar-refractivity contribution in [1.29, 1.82) is 0 Å². The number of rotatable bonds is 5. The maximum atomic E-state index is 4.49. The first-order valence-corrected chi connectivity index (χ1v) is 6.13. The Morgan fingerprint density at radius 1 is 1.50 bits per heavy atom. The topological polar surface area (TPSA) is 17.8 Å². The summed E-state index contributed by atoms with van der Waals surface area (Å²) in [5.74, 6) is 2.23. The van der Waals surface area contributed by atoms with Crippen LogP contribution in [0.1, 0.15) is 31.8 Å². The minimum absolute atomic E-state index is 1.00. The van der Waals surface area contributed by atoms with Crippen molar-refractivity contribution in [2.24, 2.45) is 7.05 Å². The summed E-state index contributed by atoms with van der Waals surface area (Å²) in [5, 5.41) is 2.13. The number of thioether (sulfide) groups is 1. The van der Waals surface area contributed by atoms with Crippen molar-refractivity contribution in [3.05, 3.63) is 23.1 Å². The van der Waals surface area contributed by atoms with E-state index in [1.54, 1.807) is 0 Å². The van der Waals surface area contributed by atoms with Gasteiger partial charge in [0.1, 0.15) is 5.82 Å². The van der Waals surface area contributed by atoms with Gasteiger partial charge < -0.3 is 4.57 Å². The molecular weight excluding hydrogens is 192 g/mol. The highest BCUT2D eigenvalue weighted by atomic mass is 32.2. The predicted molar refractivity (Wildman–Crippen MR) is 64.4 cm³/mol. The molecule has 1 heterocycles. The Kier molecular flexibility index (Phi) is 4.80. The van der Waals surface area contributed by atoms with Gasteiger partial charge in [-0.25, -0.2) is 4.98 Å². The molecule has 0 spiro atoms. The molecule has 0 bridgehead atoms. The lowest BCUT2D eigenvalue weighted by Gasteiger charge is -1.93. The number of hydrogen-bond donors (Lipinski definition) is 0. The lowest BCUT2D eigenvalue weighted by atomic mass is 10.4. The number of imidazole rings is 1. The third kappa shape index (κ3) is 3.22. The van der Waals surface area contributed by atoms with Gasteiger partial charge in [0, 0.05) is 13.2 Å². The lowest BCUT2D eigenvalue weighted by molar-refractivity contribution is 0.897. The smallest absolute Gasteiger partial charge is 0.133 e. The van der Waals surface area contributed by atoms with Gasteiger partial charge in [-0.1, -0.05) is 13.8 Å². The van der Waals surface area contributed by atoms with E-state index in [0.29, 0.717) is 0 Å². The van der Waals surface area contributed by atoms with Gasteiger partial charge in [0.2, 0.25) is 0 Å². The first-order valence-electron chi connectivity index (χ1n) is 5.08. The van der Waals surface area contributed by atoms with Crippen LogP contribution in [0, 0.1) is 0 Å². The van der Waals surface area contributed by atoms with Crippen LogP contribution in [-0.4, -0.2) is 15.3 Å². The molecule has 78 valence electrons. The zero-order valence-electron chi connectivity index (χ0n) is 9.16. The van der Waals surface area contributed by atoms with Gasteiger partial charge in [-0.05, 0) is 30.1 Å². The van der Waals surface area contributed by atoms with E-state index < -0.39 is 0 Å². The van der Waals surface area contributed by atoms with Crippen LogP contribution in [0.15, 0.2) is 11.6 Å². The molecule has 0 aromatic carbocycles. The minimum atomic E-state index is 1.00. The number of nitrogens with zero attached hydrogens (tertiary/aromatic N) is 2. The SMILES string of the molecule is CCCSC=Cc1nc(CC)cn1C. The first kappa shape index (κ1) is 11.4. The molecule has 0 aliphatic rings. The van der Waals surface area contributed by atoms with E-state index in [9.17, 15) is 0 Å². The molecule has 0 fully saturated rings. The standard InChI is InChI=1S/C11H18N2S/c1-4-7-14-8-6-11-12-10(5-2)9-13(11)3/h6,8-9H,4-5,7H2,1-3H3. The summed E-state index contributed by atoms with van der Waals surface area (Å²) >= 11 is 1.84. The van der Waals surface area contributed by atoms with Gasteiger partial charge in [0.05, 0.1) is 5.69 Å². The van der Waals surface area contributed by atoms with Crippen LogP contribution in [0.3, 0.4) is 0 Å². The molecule has 2 nitrogen and oxygen atoms in total. The summed E-state index contributed by atoms with van der Waals surface area (Å²) in [6.45, 7) is 4.32. The Morgan fingerprint density at radius 2 is 2.29 bits per heavy atom. The van der Waals surface area contributed by atoms with Crippen LogP contribution in [0.25, 0.3) is 6.08 Å². The van der Waals surface area contributed by atoms with Crippen molar-refractivity contribution in [2.45, 2.75) is 26.7 Å². The number of aromatic nitrogens is 2. The van der Waals surface area contributed by atoms with Crippen molar-refractivity contribution in [3.63, 3.8) is 0 Å². The molecule has 1 aromatic rings. The molecule has 0 radical (unpaired) electrons. The monoisotopic (exact) mass is 210 g/mol. The molecule has 3 heteroatoms. The van der Waals surface area contributed by atoms with Crippen LogP contribution >= 0.6 is 11.8 Å². The average Bonchev–Trinajstić information content (AvgIpc) is 2.54. The van der Waals surface area contributed by atoms with Crippen LogP contribution in [0.4, 0.5) is 0 Å². The van der Waals surface area contributed by atoms with Crippen molar-refractivity contribution in [2.75, 3.05) is 5.75 Å².